The molecule has 0 bridgehead atoms. The van der Waals surface area contributed by atoms with E-state index in [0.29, 0.717) is 6.04 Å². The first-order valence-corrected chi connectivity index (χ1v) is 6.52. The normalized spacial score (nSPS) is 25.4. The molecule has 1 fully saturated rings. The summed E-state index contributed by atoms with van der Waals surface area (Å²) in [4.78, 5) is 4.52. The molecule has 1 aromatic heterocycles. The van der Waals surface area contributed by atoms with Crippen molar-refractivity contribution in [1.82, 2.24) is 10.3 Å². The number of nitrogens with one attached hydrogen (secondary N) is 1. The molecule has 2 nitrogen and oxygen atoms in total. The Morgan fingerprint density at radius 3 is 3.12 bits per heavy atom. The van der Waals surface area contributed by atoms with Gasteiger partial charge in [-0.3, -0.25) is 4.98 Å². The molecule has 0 amide bonds. The topological polar surface area (TPSA) is 24.9 Å². The van der Waals surface area contributed by atoms with Crippen LogP contribution in [0.5, 0.6) is 0 Å². The van der Waals surface area contributed by atoms with Crippen LogP contribution in [0.25, 0.3) is 0 Å². The molecule has 1 heterocycles. The van der Waals surface area contributed by atoms with Gasteiger partial charge in [0.25, 0.3) is 0 Å². The van der Waals surface area contributed by atoms with E-state index in [1.54, 1.807) is 0 Å². The largest absolute Gasteiger partial charge is 0.308 e. The van der Waals surface area contributed by atoms with Crippen LogP contribution in [0.15, 0.2) is 18.3 Å². The van der Waals surface area contributed by atoms with Gasteiger partial charge in [0.15, 0.2) is 0 Å². The van der Waals surface area contributed by atoms with Gasteiger partial charge in [-0.1, -0.05) is 13.0 Å². The van der Waals surface area contributed by atoms with E-state index in [0.717, 1.165) is 18.4 Å². The van der Waals surface area contributed by atoms with Crippen LogP contribution in [0.2, 0.25) is 0 Å². The molecule has 2 heteroatoms. The van der Waals surface area contributed by atoms with Gasteiger partial charge in [-0.15, -0.1) is 0 Å². The van der Waals surface area contributed by atoms with Gasteiger partial charge in [0.1, 0.15) is 0 Å². The summed E-state index contributed by atoms with van der Waals surface area (Å²) in [6.07, 6.45) is 7.23. The summed E-state index contributed by atoms with van der Waals surface area (Å²) < 4.78 is 0. The Balaban J connectivity index is 1.60. The van der Waals surface area contributed by atoms with E-state index in [1.807, 2.05) is 12.3 Å². The van der Waals surface area contributed by atoms with Crippen LogP contribution in [0, 0.1) is 11.8 Å². The minimum atomic E-state index is 0.511. The summed E-state index contributed by atoms with van der Waals surface area (Å²) in [5, 5.41) is 3.70. The molecular weight excluding hydrogens is 196 g/mol. The van der Waals surface area contributed by atoms with E-state index in [9.17, 15) is 0 Å². The van der Waals surface area contributed by atoms with Gasteiger partial charge in [-0.05, 0) is 55.7 Å². The predicted octanol–water partition coefficient (Wildman–Crippen LogP) is 2.70. The standard InChI is InChI=1S/C14H20N2/c1-10(11-4-5-11)9-16-13-7-6-12-3-2-8-15-14(12)13/h2-3,8,10-11,13,16H,4-7,9H2,1H3. The van der Waals surface area contributed by atoms with Crippen LogP contribution in [-0.2, 0) is 6.42 Å². The highest BCUT2D eigenvalue weighted by Gasteiger charge is 2.29. The van der Waals surface area contributed by atoms with Crippen molar-refractivity contribution < 1.29 is 0 Å². The number of fused-ring (bicyclic) bond motifs is 1. The van der Waals surface area contributed by atoms with Gasteiger partial charge in [0.05, 0.1) is 11.7 Å². The summed E-state index contributed by atoms with van der Waals surface area (Å²) in [6, 6.07) is 4.78. The quantitative estimate of drug-likeness (QED) is 0.837. The first-order chi connectivity index (χ1) is 7.84. The van der Waals surface area contributed by atoms with Crippen molar-refractivity contribution in [2.75, 3.05) is 6.54 Å². The van der Waals surface area contributed by atoms with Gasteiger partial charge in [-0.25, -0.2) is 0 Å². The Hall–Kier alpha value is -0.890. The molecular formula is C14H20N2. The zero-order valence-corrected chi connectivity index (χ0v) is 9.95. The number of rotatable bonds is 4. The highest BCUT2D eigenvalue weighted by Crippen LogP contribution is 2.37. The molecule has 2 aliphatic carbocycles. The third-order valence-electron chi connectivity index (χ3n) is 4.07. The second kappa shape index (κ2) is 4.17. The number of aryl methyl sites for hydroxylation is 1. The lowest BCUT2D eigenvalue weighted by atomic mass is 10.1. The summed E-state index contributed by atoms with van der Waals surface area (Å²) >= 11 is 0. The lowest BCUT2D eigenvalue weighted by molar-refractivity contribution is 0.415. The number of nitrogens with zero attached hydrogens (tertiary/aromatic N) is 1. The maximum absolute atomic E-state index is 4.52. The van der Waals surface area contributed by atoms with E-state index in [2.05, 4.69) is 23.3 Å². The molecule has 1 aromatic rings. The Bertz CT molecular complexity index is 371. The first kappa shape index (κ1) is 10.3. The fourth-order valence-electron chi connectivity index (χ4n) is 2.77. The highest BCUT2D eigenvalue weighted by molar-refractivity contribution is 5.27. The third-order valence-corrected chi connectivity index (χ3v) is 4.07. The van der Waals surface area contributed by atoms with Crippen LogP contribution < -0.4 is 5.32 Å². The molecule has 0 radical (unpaired) electrons. The van der Waals surface area contributed by atoms with Crippen LogP contribution in [0.3, 0.4) is 0 Å². The molecule has 0 spiro atoms. The van der Waals surface area contributed by atoms with Crippen LogP contribution in [0.4, 0.5) is 0 Å². The van der Waals surface area contributed by atoms with Crippen molar-refractivity contribution in [2.24, 2.45) is 11.8 Å². The average Bonchev–Trinajstić information content (AvgIpc) is 3.08. The predicted molar refractivity (Wildman–Crippen MR) is 65.2 cm³/mol. The van der Waals surface area contributed by atoms with Crippen LogP contribution in [-0.4, -0.2) is 11.5 Å². The molecule has 2 aliphatic rings. The van der Waals surface area contributed by atoms with Gasteiger partial charge >= 0.3 is 0 Å². The molecule has 2 unspecified atom stereocenters. The monoisotopic (exact) mass is 216 g/mol. The average molecular weight is 216 g/mol. The lowest BCUT2D eigenvalue weighted by Crippen LogP contribution is -2.26. The molecule has 3 rings (SSSR count). The lowest BCUT2D eigenvalue weighted by Gasteiger charge is -2.16. The SMILES string of the molecule is CC(CNC1CCc2cccnc21)C1CC1. The fraction of sp³-hybridized carbons (Fsp3) is 0.643. The van der Waals surface area contributed by atoms with Crippen molar-refractivity contribution in [3.8, 4) is 0 Å². The molecule has 16 heavy (non-hydrogen) atoms. The number of hydrogen-bond acceptors (Lipinski definition) is 2. The molecule has 86 valence electrons. The Kier molecular flexibility index (Phi) is 2.68. The van der Waals surface area contributed by atoms with Crippen molar-refractivity contribution in [3.05, 3.63) is 29.6 Å². The number of aromatic nitrogens is 1. The molecule has 1 saturated carbocycles. The van der Waals surface area contributed by atoms with Gasteiger partial charge in [0.2, 0.25) is 0 Å². The third kappa shape index (κ3) is 1.99. The van der Waals surface area contributed by atoms with E-state index in [1.165, 1.54) is 36.9 Å². The molecule has 1 N–H and O–H groups in total. The van der Waals surface area contributed by atoms with Crippen LogP contribution in [0.1, 0.15) is 43.5 Å². The summed E-state index contributed by atoms with van der Waals surface area (Å²) in [7, 11) is 0. The smallest absolute Gasteiger partial charge is 0.0605 e. The Morgan fingerprint density at radius 1 is 1.44 bits per heavy atom. The van der Waals surface area contributed by atoms with E-state index < -0.39 is 0 Å². The van der Waals surface area contributed by atoms with Gasteiger partial charge < -0.3 is 5.32 Å². The minimum absolute atomic E-state index is 0.511. The van der Waals surface area contributed by atoms with Crippen molar-refractivity contribution in [1.29, 1.82) is 0 Å². The first-order valence-electron chi connectivity index (χ1n) is 6.52. The molecule has 0 aromatic carbocycles. The molecule has 0 aliphatic heterocycles. The second-order valence-electron chi connectivity index (χ2n) is 5.36. The van der Waals surface area contributed by atoms with Crippen molar-refractivity contribution in [3.63, 3.8) is 0 Å². The van der Waals surface area contributed by atoms with Crippen LogP contribution >= 0.6 is 0 Å². The highest BCUT2D eigenvalue weighted by atomic mass is 15.0. The zero-order chi connectivity index (χ0) is 11.0. The maximum atomic E-state index is 4.52. The fourth-order valence-corrected chi connectivity index (χ4v) is 2.77. The van der Waals surface area contributed by atoms with E-state index >= 15 is 0 Å². The van der Waals surface area contributed by atoms with Crippen molar-refractivity contribution >= 4 is 0 Å². The second-order valence-corrected chi connectivity index (χ2v) is 5.36. The summed E-state index contributed by atoms with van der Waals surface area (Å²) in [5.74, 6) is 1.84. The Morgan fingerprint density at radius 2 is 2.31 bits per heavy atom. The number of pyridine rings is 1. The summed E-state index contributed by atoms with van der Waals surface area (Å²) in [5.41, 5.74) is 2.74. The summed E-state index contributed by atoms with van der Waals surface area (Å²) in [6.45, 7) is 3.53. The Labute approximate surface area is 97.5 Å². The van der Waals surface area contributed by atoms with Gasteiger partial charge in [0, 0.05) is 6.20 Å². The van der Waals surface area contributed by atoms with E-state index in [4.69, 9.17) is 0 Å². The van der Waals surface area contributed by atoms with Gasteiger partial charge in [-0.2, -0.15) is 0 Å². The zero-order valence-electron chi connectivity index (χ0n) is 9.95. The van der Waals surface area contributed by atoms with E-state index in [-0.39, 0.29) is 0 Å². The molecule has 2 atom stereocenters. The number of hydrogen-bond donors (Lipinski definition) is 1. The maximum Gasteiger partial charge on any atom is 0.0605 e. The minimum Gasteiger partial charge on any atom is -0.308 e. The van der Waals surface area contributed by atoms with Crippen molar-refractivity contribution in [2.45, 2.75) is 38.6 Å². The molecule has 0 saturated heterocycles.